The molecule has 0 bridgehead atoms. The molecule has 3 heterocycles. The van der Waals surface area contributed by atoms with Crippen molar-refractivity contribution in [1.29, 1.82) is 0 Å². The lowest BCUT2D eigenvalue weighted by molar-refractivity contribution is -0.0667. The maximum Gasteiger partial charge on any atom is 0.194 e. The number of hydrogen-bond donors (Lipinski definition) is 1. The van der Waals surface area contributed by atoms with E-state index in [1.807, 2.05) is 6.20 Å². The summed E-state index contributed by atoms with van der Waals surface area (Å²) < 4.78 is 5.61. The lowest BCUT2D eigenvalue weighted by Gasteiger charge is -2.62. The summed E-state index contributed by atoms with van der Waals surface area (Å²) in [4.78, 5) is 14.2. The lowest BCUT2D eigenvalue weighted by atomic mass is 9.65. The molecule has 1 unspecified atom stereocenters. The summed E-state index contributed by atoms with van der Waals surface area (Å²) in [5, 5.41) is 3.45. The predicted molar refractivity (Wildman–Crippen MR) is 127 cm³/mol. The molecular weight excluding hydrogens is 465 g/mol. The Kier molecular flexibility index (Phi) is 7.58. The molecule has 1 aromatic heterocycles. The molecule has 3 rings (SSSR count). The Labute approximate surface area is 187 Å². The molecule has 0 saturated carbocycles. The van der Waals surface area contributed by atoms with E-state index in [4.69, 9.17) is 9.73 Å². The maximum atomic E-state index is 5.61. The van der Waals surface area contributed by atoms with E-state index in [9.17, 15) is 0 Å². The monoisotopic (exact) mass is 501 g/mol. The fourth-order valence-electron chi connectivity index (χ4n) is 3.68. The summed E-state index contributed by atoms with van der Waals surface area (Å²) in [7, 11) is 0. The Hall–Kier alpha value is -1.09. The minimum absolute atomic E-state index is 0. The molecule has 2 aliphatic heterocycles. The van der Waals surface area contributed by atoms with Crippen LogP contribution in [0.25, 0.3) is 0 Å². The first-order valence-corrected chi connectivity index (χ1v) is 10.1. The van der Waals surface area contributed by atoms with Crippen molar-refractivity contribution in [1.82, 2.24) is 15.2 Å². The van der Waals surface area contributed by atoms with Crippen molar-refractivity contribution in [3.8, 4) is 0 Å². The van der Waals surface area contributed by atoms with Crippen LogP contribution in [0.15, 0.2) is 23.3 Å². The smallest absolute Gasteiger partial charge is 0.194 e. The van der Waals surface area contributed by atoms with Crippen LogP contribution >= 0.6 is 24.0 Å². The van der Waals surface area contributed by atoms with Crippen LogP contribution in [0.1, 0.15) is 47.1 Å². The van der Waals surface area contributed by atoms with E-state index in [1.54, 1.807) is 0 Å². The molecule has 7 heteroatoms. The second kappa shape index (κ2) is 9.15. The van der Waals surface area contributed by atoms with Crippen LogP contribution in [-0.4, -0.2) is 60.3 Å². The second-order valence-corrected chi connectivity index (χ2v) is 8.85. The number of aliphatic imine (C=N–C) groups is 1. The number of hydrogen-bond acceptors (Lipinski definition) is 4. The van der Waals surface area contributed by atoms with Crippen LogP contribution < -0.4 is 10.2 Å². The fraction of sp³-hybridized carbons (Fsp3) is 0.714. The van der Waals surface area contributed by atoms with Crippen LogP contribution in [0.4, 0.5) is 5.82 Å². The van der Waals surface area contributed by atoms with E-state index in [1.165, 1.54) is 0 Å². The zero-order valence-electron chi connectivity index (χ0n) is 18.2. The minimum atomic E-state index is 0. The SMILES string of the molecule is CCNC(=NCc1ccc(N2CCOC(C)C2)nc1)N1CC(C)(C)C1(C)C.I. The number of rotatable bonds is 4. The number of likely N-dealkylation sites (tertiary alicyclic amines) is 1. The van der Waals surface area contributed by atoms with E-state index in [2.05, 4.69) is 73.8 Å². The highest BCUT2D eigenvalue weighted by Gasteiger charge is 2.53. The van der Waals surface area contributed by atoms with Gasteiger partial charge in [-0.1, -0.05) is 19.9 Å². The molecule has 1 N–H and O–H groups in total. The first-order valence-electron chi connectivity index (χ1n) is 10.1. The van der Waals surface area contributed by atoms with Gasteiger partial charge < -0.3 is 19.9 Å². The van der Waals surface area contributed by atoms with Crippen LogP contribution in [0.3, 0.4) is 0 Å². The molecule has 0 spiro atoms. The predicted octanol–water partition coefficient (Wildman–Crippen LogP) is 3.51. The Morgan fingerprint density at radius 3 is 2.61 bits per heavy atom. The zero-order chi connectivity index (χ0) is 19.7. The normalized spacial score (nSPS) is 23.6. The van der Waals surface area contributed by atoms with Crippen molar-refractivity contribution in [2.45, 2.75) is 59.7 Å². The van der Waals surface area contributed by atoms with Gasteiger partial charge in [0.2, 0.25) is 0 Å². The second-order valence-electron chi connectivity index (χ2n) is 8.85. The van der Waals surface area contributed by atoms with E-state index >= 15 is 0 Å². The first-order chi connectivity index (χ1) is 12.7. The molecule has 0 aliphatic carbocycles. The third-order valence-corrected chi connectivity index (χ3v) is 6.26. The highest BCUT2D eigenvalue weighted by atomic mass is 127. The number of aromatic nitrogens is 1. The summed E-state index contributed by atoms with van der Waals surface area (Å²) in [6, 6.07) is 4.24. The van der Waals surface area contributed by atoms with Gasteiger partial charge in [0.05, 0.1) is 19.3 Å². The van der Waals surface area contributed by atoms with Gasteiger partial charge in [-0.05, 0) is 39.3 Å². The summed E-state index contributed by atoms with van der Waals surface area (Å²) in [5.74, 6) is 2.02. The third-order valence-electron chi connectivity index (χ3n) is 6.26. The average molecular weight is 501 g/mol. The van der Waals surface area contributed by atoms with Gasteiger partial charge in [0, 0.05) is 43.3 Å². The minimum Gasteiger partial charge on any atom is -0.375 e. The van der Waals surface area contributed by atoms with Gasteiger partial charge in [0.1, 0.15) is 5.82 Å². The number of pyridine rings is 1. The highest BCUT2D eigenvalue weighted by Crippen LogP contribution is 2.46. The number of nitrogens with one attached hydrogen (secondary N) is 1. The van der Waals surface area contributed by atoms with E-state index < -0.39 is 0 Å². The molecule has 2 fully saturated rings. The van der Waals surface area contributed by atoms with Crippen LogP contribution in [-0.2, 0) is 11.3 Å². The lowest BCUT2D eigenvalue weighted by Crippen LogP contribution is -2.72. The van der Waals surface area contributed by atoms with E-state index in [0.29, 0.717) is 12.0 Å². The molecule has 1 atom stereocenters. The molecular formula is C21H36IN5O. The van der Waals surface area contributed by atoms with Crippen molar-refractivity contribution < 1.29 is 4.74 Å². The number of guanidine groups is 1. The van der Waals surface area contributed by atoms with Gasteiger partial charge in [-0.25, -0.2) is 9.98 Å². The third kappa shape index (κ3) is 4.72. The number of ether oxygens (including phenoxy) is 1. The zero-order valence-corrected chi connectivity index (χ0v) is 20.5. The largest absolute Gasteiger partial charge is 0.375 e. The molecule has 158 valence electrons. The first kappa shape index (κ1) is 23.2. The summed E-state index contributed by atoms with van der Waals surface area (Å²) in [5.41, 5.74) is 1.53. The fourth-order valence-corrected chi connectivity index (χ4v) is 3.68. The highest BCUT2D eigenvalue weighted by molar-refractivity contribution is 14.0. The number of morpholine rings is 1. The van der Waals surface area contributed by atoms with Gasteiger partial charge in [-0.2, -0.15) is 0 Å². The van der Waals surface area contributed by atoms with Crippen molar-refractivity contribution in [3.05, 3.63) is 23.9 Å². The quantitative estimate of drug-likeness (QED) is 0.389. The number of nitrogens with zero attached hydrogens (tertiary/aromatic N) is 4. The van der Waals surface area contributed by atoms with Gasteiger partial charge in [0.15, 0.2) is 5.96 Å². The van der Waals surface area contributed by atoms with Crippen molar-refractivity contribution in [3.63, 3.8) is 0 Å². The summed E-state index contributed by atoms with van der Waals surface area (Å²) in [6.45, 7) is 18.6. The molecule has 1 aromatic rings. The Balaban J connectivity index is 0.00000280. The summed E-state index contributed by atoms with van der Waals surface area (Å²) >= 11 is 0. The topological polar surface area (TPSA) is 53.0 Å². The Morgan fingerprint density at radius 1 is 1.32 bits per heavy atom. The number of anilines is 1. The standard InChI is InChI=1S/C21H35N5O.HI/c1-7-22-19(26-15-20(3,4)21(26,5)6)24-13-17-8-9-18(23-12-17)25-10-11-27-16(2)14-25;/h8-9,12,16H,7,10-11,13-15H2,1-6H3,(H,22,24);1H. The van der Waals surface area contributed by atoms with E-state index in [0.717, 1.165) is 50.1 Å². The molecule has 0 amide bonds. The summed E-state index contributed by atoms with van der Waals surface area (Å²) in [6.07, 6.45) is 2.21. The van der Waals surface area contributed by atoms with Crippen LogP contribution in [0.5, 0.6) is 0 Å². The van der Waals surface area contributed by atoms with Crippen LogP contribution in [0.2, 0.25) is 0 Å². The Morgan fingerprint density at radius 2 is 2.07 bits per heavy atom. The molecule has 0 aromatic carbocycles. The molecule has 2 saturated heterocycles. The van der Waals surface area contributed by atoms with Gasteiger partial charge in [-0.3, -0.25) is 0 Å². The molecule has 2 aliphatic rings. The van der Waals surface area contributed by atoms with Gasteiger partial charge in [0.25, 0.3) is 0 Å². The van der Waals surface area contributed by atoms with Crippen molar-refractivity contribution in [2.24, 2.45) is 10.4 Å². The molecule has 0 radical (unpaired) electrons. The van der Waals surface area contributed by atoms with E-state index in [-0.39, 0.29) is 35.6 Å². The van der Waals surface area contributed by atoms with Gasteiger partial charge in [-0.15, -0.1) is 24.0 Å². The van der Waals surface area contributed by atoms with Crippen molar-refractivity contribution in [2.75, 3.05) is 37.7 Å². The maximum absolute atomic E-state index is 5.61. The molecule has 6 nitrogen and oxygen atoms in total. The van der Waals surface area contributed by atoms with Gasteiger partial charge >= 0.3 is 0 Å². The Bertz CT molecular complexity index is 674. The number of halogens is 1. The van der Waals surface area contributed by atoms with Crippen LogP contribution in [0, 0.1) is 5.41 Å². The average Bonchev–Trinajstić information content (AvgIpc) is 2.64. The molecule has 28 heavy (non-hydrogen) atoms. The van der Waals surface area contributed by atoms with Crippen molar-refractivity contribution >= 4 is 35.8 Å².